The summed E-state index contributed by atoms with van der Waals surface area (Å²) in [6, 6.07) is 6.45. The topological polar surface area (TPSA) is 58.6 Å². The van der Waals surface area contributed by atoms with Crippen LogP contribution in [0.15, 0.2) is 24.3 Å². The van der Waals surface area contributed by atoms with Crippen LogP contribution in [0.25, 0.3) is 0 Å². The Labute approximate surface area is 95.2 Å². The molecule has 4 heteroatoms. The molecule has 2 N–H and O–H groups in total. The van der Waals surface area contributed by atoms with Crippen LogP contribution >= 0.6 is 0 Å². The van der Waals surface area contributed by atoms with Gasteiger partial charge in [0.05, 0.1) is 11.7 Å². The highest BCUT2D eigenvalue weighted by atomic mass is 16.5. The molecule has 1 atom stereocenters. The summed E-state index contributed by atoms with van der Waals surface area (Å²) in [5.74, 6) is -0.297. The molecule has 1 aromatic carbocycles. The summed E-state index contributed by atoms with van der Waals surface area (Å²) in [6.07, 6.45) is -0.0280. The van der Waals surface area contributed by atoms with E-state index in [0.717, 1.165) is 0 Å². The summed E-state index contributed by atoms with van der Waals surface area (Å²) in [5.41, 5.74) is 0.284. The smallest absolute Gasteiger partial charge is 0.255 e. The fraction of sp³-hybridized carbons (Fsp3) is 0.417. The summed E-state index contributed by atoms with van der Waals surface area (Å²) in [5, 5.41) is 12.2. The van der Waals surface area contributed by atoms with Crippen LogP contribution in [-0.2, 0) is 4.74 Å². The Balaban J connectivity index is 2.50. The van der Waals surface area contributed by atoms with Crippen LogP contribution < -0.4 is 5.32 Å². The molecule has 0 bridgehead atoms. The number of rotatable bonds is 5. The van der Waals surface area contributed by atoms with Crippen molar-refractivity contribution in [3.05, 3.63) is 29.8 Å². The zero-order valence-corrected chi connectivity index (χ0v) is 9.56. The second-order valence-electron chi connectivity index (χ2n) is 3.49. The lowest BCUT2D eigenvalue weighted by Crippen LogP contribution is -2.32. The van der Waals surface area contributed by atoms with Crippen molar-refractivity contribution in [2.75, 3.05) is 13.2 Å². The maximum absolute atomic E-state index is 11.6. The summed E-state index contributed by atoms with van der Waals surface area (Å²) in [7, 11) is 0. The number of ether oxygens (including phenoxy) is 1. The molecule has 1 rings (SSSR count). The summed E-state index contributed by atoms with van der Waals surface area (Å²) in [4.78, 5) is 11.6. The fourth-order valence-electron chi connectivity index (χ4n) is 1.34. The number of benzene rings is 1. The number of hydrogen-bond donors (Lipinski definition) is 2. The molecule has 88 valence electrons. The SMILES string of the molecule is CCOC(C)CNC(=O)c1ccccc1O. The maximum atomic E-state index is 11.6. The van der Waals surface area contributed by atoms with Crippen molar-refractivity contribution in [3.8, 4) is 5.75 Å². The Bertz CT molecular complexity index is 352. The first-order valence-corrected chi connectivity index (χ1v) is 5.33. The molecule has 0 aromatic heterocycles. The van der Waals surface area contributed by atoms with Crippen LogP contribution in [-0.4, -0.2) is 30.3 Å². The second kappa shape index (κ2) is 6.12. The largest absolute Gasteiger partial charge is 0.507 e. The highest BCUT2D eigenvalue weighted by Gasteiger charge is 2.10. The highest BCUT2D eigenvalue weighted by molar-refractivity contribution is 5.96. The standard InChI is InChI=1S/C12H17NO3/c1-3-16-9(2)8-13-12(15)10-6-4-5-7-11(10)14/h4-7,9,14H,3,8H2,1-2H3,(H,13,15). The lowest BCUT2D eigenvalue weighted by atomic mass is 10.2. The van der Waals surface area contributed by atoms with E-state index in [1.807, 2.05) is 13.8 Å². The van der Waals surface area contributed by atoms with Gasteiger partial charge in [0.15, 0.2) is 0 Å². The average molecular weight is 223 g/mol. The predicted octanol–water partition coefficient (Wildman–Crippen LogP) is 1.55. The molecular formula is C12H17NO3. The zero-order chi connectivity index (χ0) is 12.0. The van der Waals surface area contributed by atoms with Crippen LogP contribution in [0.2, 0.25) is 0 Å². The first-order valence-electron chi connectivity index (χ1n) is 5.33. The van der Waals surface area contributed by atoms with E-state index in [1.54, 1.807) is 18.2 Å². The third-order valence-corrected chi connectivity index (χ3v) is 2.15. The van der Waals surface area contributed by atoms with Crippen molar-refractivity contribution in [2.45, 2.75) is 20.0 Å². The quantitative estimate of drug-likeness (QED) is 0.796. The van der Waals surface area contributed by atoms with Crippen molar-refractivity contribution in [3.63, 3.8) is 0 Å². The number of para-hydroxylation sites is 1. The Morgan fingerprint density at radius 2 is 2.19 bits per heavy atom. The number of phenolic OH excluding ortho intramolecular Hbond substituents is 1. The third kappa shape index (κ3) is 3.55. The number of carbonyl (C=O) groups excluding carboxylic acids is 1. The molecule has 0 aliphatic heterocycles. The van der Waals surface area contributed by atoms with Crippen molar-refractivity contribution >= 4 is 5.91 Å². The molecule has 1 amide bonds. The van der Waals surface area contributed by atoms with E-state index >= 15 is 0 Å². The van der Waals surface area contributed by atoms with Crippen LogP contribution in [0.1, 0.15) is 24.2 Å². The average Bonchev–Trinajstić information content (AvgIpc) is 2.27. The van der Waals surface area contributed by atoms with Crippen molar-refractivity contribution in [1.29, 1.82) is 0 Å². The van der Waals surface area contributed by atoms with Gasteiger partial charge in [-0.05, 0) is 26.0 Å². The normalized spacial score (nSPS) is 12.1. The van der Waals surface area contributed by atoms with Crippen molar-refractivity contribution < 1.29 is 14.6 Å². The van der Waals surface area contributed by atoms with E-state index in [1.165, 1.54) is 6.07 Å². The fourth-order valence-corrected chi connectivity index (χ4v) is 1.34. The van der Waals surface area contributed by atoms with Gasteiger partial charge in [-0.2, -0.15) is 0 Å². The van der Waals surface area contributed by atoms with Crippen LogP contribution in [0, 0.1) is 0 Å². The van der Waals surface area contributed by atoms with Gasteiger partial charge in [0.2, 0.25) is 0 Å². The van der Waals surface area contributed by atoms with Gasteiger partial charge >= 0.3 is 0 Å². The van der Waals surface area contributed by atoms with Crippen molar-refractivity contribution in [2.24, 2.45) is 0 Å². The molecule has 4 nitrogen and oxygen atoms in total. The first-order chi connectivity index (χ1) is 7.65. The summed E-state index contributed by atoms with van der Waals surface area (Å²) >= 11 is 0. The number of carbonyl (C=O) groups is 1. The van der Waals surface area contributed by atoms with E-state index in [4.69, 9.17) is 4.74 Å². The number of phenols is 1. The van der Waals surface area contributed by atoms with Crippen molar-refractivity contribution in [1.82, 2.24) is 5.32 Å². The van der Waals surface area contributed by atoms with Gasteiger partial charge in [-0.1, -0.05) is 12.1 Å². The minimum Gasteiger partial charge on any atom is -0.507 e. The lowest BCUT2D eigenvalue weighted by Gasteiger charge is -2.12. The summed E-state index contributed by atoms with van der Waals surface area (Å²) in [6.45, 7) is 4.84. The summed E-state index contributed by atoms with van der Waals surface area (Å²) < 4.78 is 5.28. The Kier molecular flexibility index (Phi) is 4.79. The maximum Gasteiger partial charge on any atom is 0.255 e. The molecule has 0 saturated heterocycles. The molecule has 0 fully saturated rings. The molecule has 0 aliphatic rings. The van der Waals surface area contributed by atoms with Gasteiger partial charge in [-0.25, -0.2) is 0 Å². The van der Waals surface area contributed by atoms with E-state index in [9.17, 15) is 9.90 Å². The minimum absolute atomic E-state index is 0.0101. The number of hydrogen-bond acceptors (Lipinski definition) is 3. The number of nitrogens with one attached hydrogen (secondary N) is 1. The van der Waals surface area contributed by atoms with E-state index < -0.39 is 0 Å². The van der Waals surface area contributed by atoms with Crippen LogP contribution in [0.5, 0.6) is 5.75 Å². The molecular weight excluding hydrogens is 206 g/mol. The molecule has 16 heavy (non-hydrogen) atoms. The number of aromatic hydroxyl groups is 1. The van der Waals surface area contributed by atoms with Crippen LogP contribution in [0.4, 0.5) is 0 Å². The molecule has 0 saturated carbocycles. The zero-order valence-electron chi connectivity index (χ0n) is 9.56. The van der Waals surface area contributed by atoms with E-state index in [0.29, 0.717) is 13.2 Å². The van der Waals surface area contributed by atoms with Gasteiger partial charge in [0.1, 0.15) is 5.75 Å². The highest BCUT2D eigenvalue weighted by Crippen LogP contribution is 2.14. The van der Waals surface area contributed by atoms with Gasteiger partial charge in [0, 0.05) is 13.2 Å². The molecule has 1 aromatic rings. The molecule has 0 aliphatic carbocycles. The Hall–Kier alpha value is -1.55. The predicted molar refractivity (Wildman–Crippen MR) is 61.5 cm³/mol. The second-order valence-corrected chi connectivity index (χ2v) is 3.49. The van der Waals surface area contributed by atoms with Gasteiger partial charge in [-0.15, -0.1) is 0 Å². The molecule has 0 spiro atoms. The van der Waals surface area contributed by atoms with Crippen LogP contribution in [0.3, 0.4) is 0 Å². The number of amides is 1. The molecule has 1 unspecified atom stereocenters. The first kappa shape index (κ1) is 12.5. The Morgan fingerprint density at radius 1 is 1.50 bits per heavy atom. The molecule has 0 heterocycles. The lowest BCUT2D eigenvalue weighted by molar-refractivity contribution is 0.0694. The van der Waals surface area contributed by atoms with E-state index in [-0.39, 0.29) is 23.3 Å². The minimum atomic E-state index is -0.287. The monoisotopic (exact) mass is 223 g/mol. The van der Waals surface area contributed by atoms with Gasteiger partial charge in [-0.3, -0.25) is 4.79 Å². The third-order valence-electron chi connectivity index (χ3n) is 2.15. The van der Waals surface area contributed by atoms with Gasteiger partial charge < -0.3 is 15.2 Å². The Morgan fingerprint density at radius 3 is 2.81 bits per heavy atom. The van der Waals surface area contributed by atoms with E-state index in [2.05, 4.69) is 5.32 Å². The van der Waals surface area contributed by atoms with Gasteiger partial charge in [0.25, 0.3) is 5.91 Å². The molecule has 0 radical (unpaired) electrons.